The Balaban J connectivity index is 2.06. The first-order chi connectivity index (χ1) is 10.5. The Morgan fingerprint density at radius 3 is 2.36 bits per heavy atom. The molecule has 6 heteroatoms. The van der Waals surface area contributed by atoms with Gasteiger partial charge in [0.25, 0.3) is 5.91 Å². The van der Waals surface area contributed by atoms with Crippen molar-refractivity contribution in [2.45, 2.75) is 13.5 Å². The topological polar surface area (TPSA) is 58.2 Å². The molecule has 0 aliphatic carbocycles. The maximum Gasteiger partial charge on any atom is 0.255 e. The highest BCUT2D eigenvalue weighted by Crippen LogP contribution is 2.25. The van der Waals surface area contributed by atoms with Crippen molar-refractivity contribution in [3.8, 4) is 0 Å². The number of carbonyl (C=O) groups is 2. The maximum absolute atomic E-state index is 12.2. The molecule has 2 aromatic rings. The highest BCUT2D eigenvalue weighted by atomic mass is 35.5. The predicted molar refractivity (Wildman–Crippen MR) is 88.4 cm³/mol. The third kappa shape index (κ3) is 4.48. The van der Waals surface area contributed by atoms with Crippen molar-refractivity contribution in [1.29, 1.82) is 0 Å². The van der Waals surface area contributed by atoms with E-state index in [1.54, 1.807) is 42.5 Å². The van der Waals surface area contributed by atoms with Crippen LogP contribution in [0.4, 0.5) is 5.69 Å². The van der Waals surface area contributed by atoms with Crippen molar-refractivity contribution in [3.05, 3.63) is 63.6 Å². The molecule has 0 spiro atoms. The summed E-state index contributed by atoms with van der Waals surface area (Å²) < 4.78 is 0. The van der Waals surface area contributed by atoms with Gasteiger partial charge in [0.05, 0.1) is 10.7 Å². The van der Waals surface area contributed by atoms with Gasteiger partial charge in [0.15, 0.2) is 0 Å². The second kappa shape index (κ2) is 7.29. The van der Waals surface area contributed by atoms with E-state index >= 15 is 0 Å². The van der Waals surface area contributed by atoms with E-state index in [1.807, 2.05) is 0 Å². The monoisotopic (exact) mass is 336 g/mol. The van der Waals surface area contributed by atoms with Crippen molar-refractivity contribution in [3.63, 3.8) is 0 Å². The predicted octanol–water partition coefficient (Wildman–Crippen LogP) is 3.88. The molecule has 0 bridgehead atoms. The molecule has 114 valence electrons. The number of amides is 2. The summed E-state index contributed by atoms with van der Waals surface area (Å²) in [5, 5.41) is 6.31. The zero-order valence-corrected chi connectivity index (χ0v) is 13.3. The lowest BCUT2D eigenvalue weighted by Crippen LogP contribution is -2.19. The van der Waals surface area contributed by atoms with E-state index in [9.17, 15) is 9.59 Å². The van der Waals surface area contributed by atoms with Gasteiger partial charge < -0.3 is 10.6 Å². The van der Waals surface area contributed by atoms with Crippen LogP contribution in [0.15, 0.2) is 42.5 Å². The van der Waals surface area contributed by atoms with Crippen molar-refractivity contribution in [2.75, 3.05) is 5.32 Å². The van der Waals surface area contributed by atoms with Crippen molar-refractivity contribution < 1.29 is 9.59 Å². The van der Waals surface area contributed by atoms with Crippen molar-refractivity contribution >= 4 is 40.7 Å². The van der Waals surface area contributed by atoms with Crippen LogP contribution in [0.1, 0.15) is 22.8 Å². The van der Waals surface area contributed by atoms with Gasteiger partial charge >= 0.3 is 0 Å². The van der Waals surface area contributed by atoms with Crippen LogP contribution < -0.4 is 10.6 Å². The molecule has 0 fully saturated rings. The van der Waals surface area contributed by atoms with Crippen LogP contribution in [0.2, 0.25) is 10.0 Å². The Kier molecular flexibility index (Phi) is 5.41. The van der Waals surface area contributed by atoms with Crippen LogP contribution >= 0.6 is 23.2 Å². The van der Waals surface area contributed by atoms with Crippen LogP contribution in [0.25, 0.3) is 0 Å². The standard InChI is InChI=1S/C16H14Cl2N2O2/c1-10(21)19-9-11-2-4-12(5-3-11)16(22)20-15-8-13(17)6-7-14(15)18/h2-8H,9H2,1H3,(H,19,21)(H,20,22). The molecule has 2 aromatic carbocycles. The fourth-order valence-corrected chi connectivity index (χ4v) is 2.13. The summed E-state index contributed by atoms with van der Waals surface area (Å²) in [7, 11) is 0. The van der Waals surface area contributed by atoms with E-state index in [0.29, 0.717) is 27.8 Å². The highest BCUT2D eigenvalue weighted by Gasteiger charge is 2.09. The molecule has 0 unspecified atom stereocenters. The summed E-state index contributed by atoms with van der Waals surface area (Å²) in [6.45, 7) is 1.88. The molecule has 0 aromatic heterocycles. The number of anilines is 1. The molecule has 0 aliphatic rings. The fraction of sp³-hybridized carbons (Fsp3) is 0.125. The minimum Gasteiger partial charge on any atom is -0.352 e. The molecule has 0 saturated heterocycles. The lowest BCUT2D eigenvalue weighted by atomic mass is 10.1. The maximum atomic E-state index is 12.2. The molecule has 0 saturated carbocycles. The van der Waals surface area contributed by atoms with Crippen LogP contribution in [0, 0.1) is 0 Å². The van der Waals surface area contributed by atoms with Gasteiger partial charge in [-0.1, -0.05) is 35.3 Å². The van der Waals surface area contributed by atoms with E-state index in [-0.39, 0.29) is 11.8 Å². The summed E-state index contributed by atoms with van der Waals surface area (Å²) in [6.07, 6.45) is 0. The van der Waals surface area contributed by atoms with Gasteiger partial charge in [-0.05, 0) is 35.9 Å². The first-order valence-corrected chi connectivity index (χ1v) is 7.31. The first kappa shape index (κ1) is 16.3. The van der Waals surface area contributed by atoms with Gasteiger partial charge in [0, 0.05) is 24.1 Å². The minimum atomic E-state index is -0.282. The fourth-order valence-electron chi connectivity index (χ4n) is 1.79. The number of carbonyl (C=O) groups excluding carboxylic acids is 2. The molecule has 2 rings (SSSR count). The number of nitrogens with one attached hydrogen (secondary N) is 2. The third-order valence-corrected chi connectivity index (χ3v) is 3.50. The molecule has 2 N–H and O–H groups in total. The van der Waals surface area contributed by atoms with Gasteiger partial charge in [-0.15, -0.1) is 0 Å². The average molecular weight is 337 g/mol. The van der Waals surface area contributed by atoms with Gasteiger partial charge in [0.1, 0.15) is 0 Å². The van der Waals surface area contributed by atoms with E-state index in [1.165, 1.54) is 6.92 Å². The lowest BCUT2D eigenvalue weighted by molar-refractivity contribution is -0.119. The average Bonchev–Trinajstić information content (AvgIpc) is 2.49. The Bertz CT molecular complexity index is 700. The number of benzene rings is 2. The summed E-state index contributed by atoms with van der Waals surface area (Å²) in [4.78, 5) is 23.0. The van der Waals surface area contributed by atoms with E-state index in [2.05, 4.69) is 10.6 Å². The van der Waals surface area contributed by atoms with Gasteiger partial charge in [-0.25, -0.2) is 0 Å². The van der Waals surface area contributed by atoms with Crippen molar-refractivity contribution in [2.24, 2.45) is 0 Å². The molecule has 0 radical (unpaired) electrons. The number of hydrogen-bond donors (Lipinski definition) is 2. The van der Waals surface area contributed by atoms with Gasteiger partial charge in [-0.2, -0.15) is 0 Å². The molecule has 4 nitrogen and oxygen atoms in total. The number of hydrogen-bond acceptors (Lipinski definition) is 2. The Hall–Kier alpha value is -2.04. The van der Waals surface area contributed by atoms with Crippen LogP contribution in [0.3, 0.4) is 0 Å². The van der Waals surface area contributed by atoms with E-state index in [0.717, 1.165) is 5.56 Å². The smallest absolute Gasteiger partial charge is 0.255 e. The lowest BCUT2D eigenvalue weighted by Gasteiger charge is -2.08. The molecular weight excluding hydrogens is 323 g/mol. The normalized spacial score (nSPS) is 10.1. The molecule has 2 amide bonds. The summed E-state index contributed by atoms with van der Waals surface area (Å²) in [5.74, 6) is -0.382. The summed E-state index contributed by atoms with van der Waals surface area (Å²) >= 11 is 11.9. The van der Waals surface area contributed by atoms with Crippen LogP contribution in [-0.2, 0) is 11.3 Å². The Labute approximate surface area is 138 Å². The van der Waals surface area contributed by atoms with E-state index in [4.69, 9.17) is 23.2 Å². The molecule has 0 heterocycles. The largest absolute Gasteiger partial charge is 0.352 e. The first-order valence-electron chi connectivity index (χ1n) is 6.55. The summed E-state index contributed by atoms with van der Waals surface area (Å²) in [5.41, 5.74) is 1.86. The highest BCUT2D eigenvalue weighted by molar-refractivity contribution is 6.35. The zero-order valence-electron chi connectivity index (χ0n) is 11.8. The van der Waals surface area contributed by atoms with Crippen LogP contribution in [0.5, 0.6) is 0 Å². The zero-order chi connectivity index (χ0) is 16.1. The third-order valence-electron chi connectivity index (χ3n) is 2.93. The van der Waals surface area contributed by atoms with Crippen LogP contribution in [-0.4, -0.2) is 11.8 Å². The molecule has 0 atom stereocenters. The molecular formula is C16H14Cl2N2O2. The quantitative estimate of drug-likeness (QED) is 0.889. The Morgan fingerprint density at radius 1 is 1.05 bits per heavy atom. The van der Waals surface area contributed by atoms with Gasteiger partial charge in [-0.3, -0.25) is 9.59 Å². The van der Waals surface area contributed by atoms with Crippen molar-refractivity contribution in [1.82, 2.24) is 5.32 Å². The second-order valence-electron chi connectivity index (χ2n) is 4.68. The van der Waals surface area contributed by atoms with Gasteiger partial charge in [0.2, 0.25) is 5.91 Å². The summed E-state index contributed by atoms with van der Waals surface area (Å²) in [6, 6.07) is 11.8. The number of rotatable bonds is 4. The van der Waals surface area contributed by atoms with E-state index < -0.39 is 0 Å². The minimum absolute atomic E-state index is 0.0996. The SMILES string of the molecule is CC(=O)NCc1ccc(C(=O)Nc2cc(Cl)ccc2Cl)cc1. The Morgan fingerprint density at radius 2 is 1.73 bits per heavy atom. The molecule has 0 aliphatic heterocycles. The number of halogens is 2. The molecule has 22 heavy (non-hydrogen) atoms. The second-order valence-corrected chi connectivity index (χ2v) is 5.53.